The van der Waals surface area contributed by atoms with Crippen molar-refractivity contribution >= 4 is 10.9 Å². The van der Waals surface area contributed by atoms with Gasteiger partial charge in [0.05, 0.1) is 12.6 Å². The van der Waals surface area contributed by atoms with Crippen LogP contribution in [0.5, 0.6) is 5.75 Å². The fraction of sp³-hybridized carbons (Fsp3) is 0.400. The van der Waals surface area contributed by atoms with Crippen molar-refractivity contribution in [1.82, 2.24) is 10.3 Å². The van der Waals surface area contributed by atoms with E-state index in [2.05, 4.69) is 22.4 Å². The van der Waals surface area contributed by atoms with Gasteiger partial charge in [-0.05, 0) is 49.2 Å². The quantitative estimate of drug-likeness (QED) is 0.878. The van der Waals surface area contributed by atoms with Crippen molar-refractivity contribution in [3.05, 3.63) is 36.0 Å². The molecule has 0 spiro atoms. The first-order valence-electron chi connectivity index (χ1n) is 6.54. The zero-order valence-electron chi connectivity index (χ0n) is 10.6. The molecule has 2 aromatic rings. The first-order valence-corrected chi connectivity index (χ1v) is 6.54. The third-order valence-corrected chi connectivity index (χ3v) is 3.62. The number of fused-ring (bicyclic) bond motifs is 1. The van der Waals surface area contributed by atoms with Crippen molar-refractivity contribution < 1.29 is 4.74 Å². The fourth-order valence-electron chi connectivity index (χ4n) is 2.58. The number of ether oxygens (including phenoxy) is 1. The van der Waals surface area contributed by atoms with Gasteiger partial charge in [-0.1, -0.05) is 6.42 Å². The van der Waals surface area contributed by atoms with E-state index in [1.165, 1.54) is 24.8 Å². The molecule has 1 N–H and O–H groups in total. The Morgan fingerprint density at radius 2 is 2.22 bits per heavy atom. The fourth-order valence-corrected chi connectivity index (χ4v) is 2.58. The first-order chi connectivity index (χ1) is 8.86. The lowest BCUT2D eigenvalue weighted by Gasteiger charge is -2.23. The predicted molar refractivity (Wildman–Crippen MR) is 72.9 cm³/mol. The van der Waals surface area contributed by atoms with Crippen LogP contribution in [-0.2, 0) is 0 Å². The molecular weight excluding hydrogens is 224 g/mol. The second-order valence-corrected chi connectivity index (χ2v) is 4.83. The van der Waals surface area contributed by atoms with Crippen LogP contribution in [0.4, 0.5) is 0 Å². The molecule has 1 aliphatic heterocycles. The molecule has 0 saturated carbocycles. The molecule has 1 unspecified atom stereocenters. The van der Waals surface area contributed by atoms with E-state index in [1.54, 1.807) is 7.11 Å². The summed E-state index contributed by atoms with van der Waals surface area (Å²) < 4.78 is 5.26. The van der Waals surface area contributed by atoms with Gasteiger partial charge in [0.2, 0.25) is 0 Å². The summed E-state index contributed by atoms with van der Waals surface area (Å²) in [7, 11) is 1.70. The van der Waals surface area contributed by atoms with E-state index in [4.69, 9.17) is 4.74 Å². The second-order valence-electron chi connectivity index (χ2n) is 4.83. The maximum Gasteiger partial charge on any atom is 0.119 e. The summed E-state index contributed by atoms with van der Waals surface area (Å²) >= 11 is 0. The Kier molecular flexibility index (Phi) is 3.15. The van der Waals surface area contributed by atoms with Crippen molar-refractivity contribution in [2.75, 3.05) is 13.7 Å². The topological polar surface area (TPSA) is 34.1 Å². The second kappa shape index (κ2) is 4.94. The molecular formula is C15H18N2O. The summed E-state index contributed by atoms with van der Waals surface area (Å²) in [5.41, 5.74) is 2.31. The van der Waals surface area contributed by atoms with Crippen LogP contribution in [0.1, 0.15) is 30.9 Å². The molecule has 94 valence electrons. The van der Waals surface area contributed by atoms with Crippen molar-refractivity contribution in [2.24, 2.45) is 0 Å². The van der Waals surface area contributed by atoms with Crippen molar-refractivity contribution in [3.63, 3.8) is 0 Å². The van der Waals surface area contributed by atoms with E-state index >= 15 is 0 Å². The molecule has 0 amide bonds. The van der Waals surface area contributed by atoms with Crippen LogP contribution in [0, 0.1) is 0 Å². The smallest absolute Gasteiger partial charge is 0.119 e. The van der Waals surface area contributed by atoms with Gasteiger partial charge < -0.3 is 10.1 Å². The maximum absolute atomic E-state index is 5.26. The first kappa shape index (κ1) is 11.5. The average molecular weight is 242 g/mol. The molecule has 1 saturated heterocycles. The summed E-state index contributed by atoms with van der Waals surface area (Å²) in [6, 6.07) is 8.70. The molecule has 3 rings (SSSR count). The summed E-state index contributed by atoms with van der Waals surface area (Å²) in [5, 5.41) is 4.71. The van der Waals surface area contributed by atoms with Gasteiger partial charge >= 0.3 is 0 Å². The minimum Gasteiger partial charge on any atom is -0.497 e. The van der Waals surface area contributed by atoms with Gasteiger partial charge in [-0.3, -0.25) is 4.98 Å². The van der Waals surface area contributed by atoms with Crippen LogP contribution in [0.3, 0.4) is 0 Å². The molecule has 1 aromatic heterocycles. The van der Waals surface area contributed by atoms with Gasteiger partial charge in [-0.25, -0.2) is 0 Å². The van der Waals surface area contributed by atoms with Crippen LogP contribution in [0.25, 0.3) is 10.9 Å². The van der Waals surface area contributed by atoms with Crippen LogP contribution >= 0.6 is 0 Å². The van der Waals surface area contributed by atoms with Crippen molar-refractivity contribution in [3.8, 4) is 5.75 Å². The maximum atomic E-state index is 5.26. The molecule has 3 heteroatoms. The molecule has 18 heavy (non-hydrogen) atoms. The van der Waals surface area contributed by atoms with Crippen molar-refractivity contribution in [1.29, 1.82) is 0 Å². The zero-order valence-corrected chi connectivity index (χ0v) is 10.6. The highest BCUT2D eigenvalue weighted by Gasteiger charge is 2.15. The summed E-state index contributed by atoms with van der Waals surface area (Å²) in [4.78, 5) is 4.54. The number of methoxy groups -OCH3 is 1. The van der Waals surface area contributed by atoms with Gasteiger partial charge in [-0.2, -0.15) is 0 Å². The average Bonchev–Trinajstić information content (AvgIpc) is 2.47. The molecule has 0 bridgehead atoms. The molecule has 0 aliphatic carbocycles. The lowest BCUT2D eigenvalue weighted by molar-refractivity contribution is 0.411. The minimum absolute atomic E-state index is 0.460. The van der Waals surface area contributed by atoms with Crippen LogP contribution in [0.2, 0.25) is 0 Å². The molecule has 0 radical (unpaired) electrons. The molecule has 1 atom stereocenters. The third kappa shape index (κ3) is 2.18. The predicted octanol–water partition coefficient (Wildman–Crippen LogP) is 3.06. The van der Waals surface area contributed by atoms with E-state index in [1.807, 2.05) is 18.3 Å². The number of benzene rings is 1. The van der Waals surface area contributed by atoms with E-state index < -0.39 is 0 Å². The SMILES string of the molecule is COc1ccc2ncc(C3CCCCN3)cc2c1. The molecule has 1 aliphatic rings. The Morgan fingerprint density at radius 3 is 3.00 bits per heavy atom. The molecule has 1 fully saturated rings. The number of nitrogens with zero attached hydrogens (tertiary/aromatic N) is 1. The summed E-state index contributed by atoms with van der Waals surface area (Å²) in [5.74, 6) is 0.887. The lowest BCUT2D eigenvalue weighted by atomic mass is 9.98. The van der Waals surface area contributed by atoms with E-state index in [0.717, 1.165) is 23.2 Å². The highest BCUT2D eigenvalue weighted by molar-refractivity contribution is 5.80. The van der Waals surface area contributed by atoms with E-state index in [9.17, 15) is 0 Å². The Hall–Kier alpha value is -1.61. The highest BCUT2D eigenvalue weighted by Crippen LogP contribution is 2.26. The zero-order chi connectivity index (χ0) is 12.4. The molecule has 3 nitrogen and oxygen atoms in total. The standard InChI is InChI=1S/C15H18N2O/c1-18-13-5-6-15-11(9-13)8-12(10-17-15)14-4-2-3-7-16-14/h5-6,8-10,14,16H,2-4,7H2,1H3. The lowest BCUT2D eigenvalue weighted by Crippen LogP contribution is -2.26. The Labute approximate surface area is 107 Å². The molecule has 1 aromatic carbocycles. The van der Waals surface area contributed by atoms with Crippen LogP contribution < -0.4 is 10.1 Å². The minimum atomic E-state index is 0.460. The number of hydrogen-bond donors (Lipinski definition) is 1. The van der Waals surface area contributed by atoms with Gasteiger partial charge in [0.15, 0.2) is 0 Å². The van der Waals surface area contributed by atoms with Gasteiger partial charge in [0, 0.05) is 17.6 Å². The monoisotopic (exact) mass is 242 g/mol. The number of piperidine rings is 1. The highest BCUT2D eigenvalue weighted by atomic mass is 16.5. The Balaban J connectivity index is 1.97. The number of pyridine rings is 1. The van der Waals surface area contributed by atoms with Crippen LogP contribution in [-0.4, -0.2) is 18.6 Å². The van der Waals surface area contributed by atoms with Crippen LogP contribution in [0.15, 0.2) is 30.5 Å². The molecule has 2 heterocycles. The number of aromatic nitrogens is 1. The van der Waals surface area contributed by atoms with Gasteiger partial charge in [0.1, 0.15) is 5.75 Å². The van der Waals surface area contributed by atoms with E-state index in [0.29, 0.717) is 6.04 Å². The Morgan fingerprint density at radius 1 is 1.28 bits per heavy atom. The van der Waals surface area contributed by atoms with Crippen molar-refractivity contribution in [2.45, 2.75) is 25.3 Å². The van der Waals surface area contributed by atoms with Gasteiger partial charge in [0.25, 0.3) is 0 Å². The number of hydrogen-bond acceptors (Lipinski definition) is 3. The number of nitrogens with one attached hydrogen (secondary N) is 1. The largest absolute Gasteiger partial charge is 0.497 e. The Bertz CT molecular complexity index is 547. The third-order valence-electron chi connectivity index (χ3n) is 3.62. The number of rotatable bonds is 2. The summed E-state index contributed by atoms with van der Waals surface area (Å²) in [6.07, 6.45) is 5.79. The normalized spacial score (nSPS) is 19.9. The van der Waals surface area contributed by atoms with Gasteiger partial charge in [-0.15, -0.1) is 0 Å². The van der Waals surface area contributed by atoms with E-state index in [-0.39, 0.29) is 0 Å². The summed E-state index contributed by atoms with van der Waals surface area (Å²) in [6.45, 7) is 1.11.